The molecule has 7 nitrogen and oxygen atoms in total. The van der Waals surface area contributed by atoms with E-state index >= 15 is 0 Å². The summed E-state index contributed by atoms with van der Waals surface area (Å²) < 4.78 is 11.2. The topological polar surface area (TPSA) is 84.7 Å². The zero-order chi connectivity index (χ0) is 20.3. The molecule has 2 aliphatic heterocycles. The Morgan fingerprint density at radius 2 is 2.10 bits per heavy atom. The van der Waals surface area contributed by atoms with Crippen LogP contribution in [0.25, 0.3) is 11.3 Å². The van der Waals surface area contributed by atoms with Gasteiger partial charge in [0.1, 0.15) is 17.0 Å². The van der Waals surface area contributed by atoms with Gasteiger partial charge in [0.15, 0.2) is 0 Å². The van der Waals surface area contributed by atoms with E-state index in [4.69, 9.17) is 9.26 Å². The second-order valence-corrected chi connectivity index (χ2v) is 7.87. The van der Waals surface area contributed by atoms with E-state index in [-0.39, 0.29) is 17.9 Å². The van der Waals surface area contributed by atoms with E-state index < -0.39 is 5.54 Å². The van der Waals surface area contributed by atoms with Crippen molar-refractivity contribution in [1.29, 1.82) is 0 Å². The molecule has 1 aromatic heterocycles. The van der Waals surface area contributed by atoms with Gasteiger partial charge >= 0.3 is 0 Å². The zero-order valence-electron chi connectivity index (χ0n) is 16.7. The average Bonchev–Trinajstić information content (AvgIpc) is 3.48. The number of benzene rings is 1. The molecule has 7 heteroatoms. The maximum atomic E-state index is 13.3. The number of carbonyl (C=O) groups excluding carboxylic acids is 2. The van der Waals surface area contributed by atoms with Gasteiger partial charge in [-0.25, -0.2) is 0 Å². The Bertz CT molecular complexity index is 860. The summed E-state index contributed by atoms with van der Waals surface area (Å²) in [5.41, 5.74) is 0.731. The largest absolute Gasteiger partial charge is 0.376 e. The van der Waals surface area contributed by atoms with Gasteiger partial charge < -0.3 is 19.5 Å². The standard InChI is InChI=1S/C22H27N3O4/c1-16(26)25-11-6-10-22(25,21(27)23-15-18-9-5-12-28-18)14-19-13-20(24-29-19)17-7-3-2-4-8-17/h2-4,7-8,13,18H,5-6,9-12,14-15H2,1H3,(H,23,27)/t18-,22+/m1/s1. The molecule has 1 N–H and O–H groups in total. The van der Waals surface area contributed by atoms with E-state index in [1.165, 1.54) is 6.92 Å². The second-order valence-electron chi connectivity index (χ2n) is 7.87. The van der Waals surface area contributed by atoms with Crippen LogP contribution in [0.1, 0.15) is 38.4 Å². The maximum absolute atomic E-state index is 13.3. The van der Waals surface area contributed by atoms with Crippen molar-refractivity contribution in [2.75, 3.05) is 19.7 Å². The van der Waals surface area contributed by atoms with Gasteiger partial charge in [0, 0.05) is 44.7 Å². The lowest BCUT2D eigenvalue weighted by Crippen LogP contribution is -2.59. The predicted octanol–water partition coefficient (Wildman–Crippen LogP) is 2.56. The van der Waals surface area contributed by atoms with Gasteiger partial charge in [-0.3, -0.25) is 9.59 Å². The minimum atomic E-state index is -0.946. The molecular weight excluding hydrogens is 370 g/mol. The van der Waals surface area contributed by atoms with Gasteiger partial charge in [0.25, 0.3) is 0 Å². The molecule has 0 radical (unpaired) electrons. The number of amides is 2. The molecule has 2 aliphatic rings. The fraction of sp³-hybridized carbons (Fsp3) is 0.500. The number of nitrogens with one attached hydrogen (secondary N) is 1. The van der Waals surface area contributed by atoms with Crippen LogP contribution in [-0.4, -0.2) is 53.2 Å². The van der Waals surface area contributed by atoms with E-state index in [0.717, 1.165) is 37.1 Å². The first-order valence-corrected chi connectivity index (χ1v) is 10.3. The Balaban J connectivity index is 1.55. The summed E-state index contributed by atoms with van der Waals surface area (Å²) in [5.74, 6) is 0.361. The van der Waals surface area contributed by atoms with Gasteiger partial charge in [-0.05, 0) is 25.7 Å². The Kier molecular flexibility index (Phi) is 5.67. The molecule has 0 aliphatic carbocycles. The highest BCUT2D eigenvalue weighted by Gasteiger charge is 2.49. The summed E-state index contributed by atoms with van der Waals surface area (Å²) in [6, 6.07) is 11.6. The zero-order valence-corrected chi connectivity index (χ0v) is 16.7. The van der Waals surface area contributed by atoms with Crippen LogP contribution in [0.3, 0.4) is 0 Å². The van der Waals surface area contributed by atoms with Gasteiger partial charge in [-0.15, -0.1) is 0 Å². The minimum absolute atomic E-state index is 0.0538. The third-order valence-corrected chi connectivity index (χ3v) is 5.90. The van der Waals surface area contributed by atoms with Crippen LogP contribution in [-0.2, 0) is 20.7 Å². The number of aromatic nitrogens is 1. The molecule has 1 aromatic carbocycles. The molecule has 2 fully saturated rings. The number of nitrogens with zero attached hydrogens (tertiary/aromatic N) is 2. The highest BCUT2D eigenvalue weighted by atomic mass is 16.5. The first-order chi connectivity index (χ1) is 14.1. The molecule has 0 unspecified atom stereocenters. The Morgan fingerprint density at radius 1 is 1.28 bits per heavy atom. The summed E-state index contributed by atoms with van der Waals surface area (Å²) in [5, 5.41) is 7.20. The van der Waals surface area contributed by atoms with Crippen molar-refractivity contribution in [3.05, 3.63) is 42.2 Å². The third kappa shape index (κ3) is 4.05. The minimum Gasteiger partial charge on any atom is -0.376 e. The normalized spacial score (nSPS) is 24.0. The van der Waals surface area contributed by atoms with Crippen molar-refractivity contribution in [1.82, 2.24) is 15.4 Å². The summed E-state index contributed by atoms with van der Waals surface area (Å²) in [6.07, 6.45) is 3.72. The van der Waals surface area contributed by atoms with Gasteiger partial charge in [-0.2, -0.15) is 0 Å². The van der Waals surface area contributed by atoms with Crippen LogP contribution >= 0.6 is 0 Å². The van der Waals surface area contributed by atoms with Crippen molar-refractivity contribution in [2.45, 2.75) is 50.7 Å². The van der Waals surface area contributed by atoms with Gasteiger partial charge in [-0.1, -0.05) is 35.5 Å². The van der Waals surface area contributed by atoms with Crippen LogP contribution in [0.5, 0.6) is 0 Å². The van der Waals surface area contributed by atoms with Crippen molar-refractivity contribution in [2.24, 2.45) is 0 Å². The molecule has 0 saturated carbocycles. The lowest BCUT2D eigenvalue weighted by atomic mass is 9.89. The molecule has 0 bridgehead atoms. The van der Waals surface area contributed by atoms with E-state index in [1.807, 2.05) is 36.4 Å². The second kappa shape index (κ2) is 8.37. The highest BCUT2D eigenvalue weighted by Crippen LogP contribution is 2.34. The van der Waals surface area contributed by atoms with Gasteiger partial charge in [0.2, 0.25) is 11.8 Å². The molecule has 2 saturated heterocycles. The van der Waals surface area contributed by atoms with E-state index in [2.05, 4.69) is 10.5 Å². The summed E-state index contributed by atoms with van der Waals surface area (Å²) in [4.78, 5) is 27.3. The fourth-order valence-electron chi connectivity index (χ4n) is 4.44. The number of ether oxygens (including phenoxy) is 1. The molecule has 29 heavy (non-hydrogen) atoms. The Labute approximate surface area is 170 Å². The van der Waals surface area contributed by atoms with Gasteiger partial charge in [0.05, 0.1) is 6.10 Å². The van der Waals surface area contributed by atoms with E-state index in [0.29, 0.717) is 31.7 Å². The maximum Gasteiger partial charge on any atom is 0.246 e. The molecule has 0 spiro atoms. The Hall–Kier alpha value is -2.67. The van der Waals surface area contributed by atoms with Crippen molar-refractivity contribution in [3.8, 4) is 11.3 Å². The molecule has 2 aromatic rings. The Morgan fingerprint density at radius 3 is 2.83 bits per heavy atom. The average molecular weight is 397 g/mol. The van der Waals surface area contributed by atoms with Crippen LogP contribution in [0.4, 0.5) is 0 Å². The molecule has 4 rings (SSSR count). The van der Waals surface area contributed by atoms with Crippen molar-refractivity contribution < 1.29 is 18.8 Å². The highest BCUT2D eigenvalue weighted by molar-refractivity contribution is 5.92. The lowest BCUT2D eigenvalue weighted by Gasteiger charge is -2.36. The number of hydrogen-bond donors (Lipinski definition) is 1. The quantitative estimate of drug-likeness (QED) is 0.810. The monoisotopic (exact) mass is 397 g/mol. The molecule has 2 amide bonds. The first-order valence-electron chi connectivity index (χ1n) is 10.3. The molecule has 3 heterocycles. The van der Waals surface area contributed by atoms with E-state index in [1.54, 1.807) is 4.90 Å². The fourth-order valence-corrected chi connectivity index (χ4v) is 4.44. The summed E-state index contributed by atoms with van der Waals surface area (Å²) in [7, 11) is 0. The number of likely N-dealkylation sites (tertiary alicyclic amines) is 1. The van der Waals surface area contributed by atoms with Crippen LogP contribution in [0.15, 0.2) is 40.9 Å². The number of carbonyl (C=O) groups is 2. The summed E-state index contributed by atoms with van der Waals surface area (Å²) in [6.45, 7) is 3.30. The SMILES string of the molecule is CC(=O)N1CCC[C@]1(Cc1cc(-c2ccccc2)no1)C(=O)NC[C@H]1CCCO1. The van der Waals surface area contributed by atoms with Crippen molar-refractivity contribution in [3.63, 3.8) is 0 Å². The smallest absolute Gasteiger partial charge is 0.246 e. The van der Waals surface area contributed by atoms with Crippen molar-refractivity contribution >= 4 is 11.8 Å². The summed E-state index contributed by atoms with van der Waals surface area (Å²) >= 11 is 0. The van der Waals surface area contributed by atoms with Crippen LogP contribution in [0.2, 0.25) is 0 Å². The lowest BCUT2D eigenvalue weighted by molar-refractivity contribution is -0.144. The van der Waals surface area contributed by atoms with E-state index in [9.17, 15) is 9.59 Å². The molecule has 154 valence electrons. The van der Waals surface area contributed by atoms with Crippen LogP contribution in [0, 0.1) is 0 Å². The number of rotatable bonds is 6. The predicted molar refractivity (Wildman–Crippen MR) is 107 cm³/mol. The first kappa shape index (κ1) is 19.6. The molecular formula is C22H27N3O4. The van der Waals surface area contributed by atoms with Crippen LogP contribution < -0.4 is 5.32 Å². The molecule has 2 atom stereocenters. The number of hydrogen-bond acceptors (Lipinski definition) is 5. The third-order valence-electron chi connectivity index (χ3n) is 5.90.